The Kier molecular flexibility index (Phi) is 2.86. The van der Waals surface area contributed by atoms with Crippen LogP contribution < -0.4 is 14.8 Å². The number of hydrogen-bond donors (Lipinski definition) is 1. The van der Waals surface area contributed by atoms with Crippen LogP contribution in [0.4, 0.5) is 0 Å². The summed E-state index contributed by atoms with van der Waals surface area (Å²) in [5, 5.41) is 3.12. The van der Waals surface area contributed by atoms with E-state index < -0.39 is 0 Å². The van der Waals surface area contributed by atoms with Crippen molar-refractivity contribution in [1.29, 1.82) is 0 Å². The maximum Gasteiger partial charge on any atom is 0.169 e. The highest BCUT2D eigenvalue weighted by Gasteiger charge is 2.24. The molecule has 0 saturated heterocycles. The summed E-state index contributed by atoms with van der Waals surface area (Å²) in [5.74, 6) is 2.23. The van der Waals surface area contributed by atoms with Gasteiger partial charge in [-0.2, -0.15) is 0 Å². The van der Waals surface area contributed by atoms with E-state index in [1.165, 1.54) is 0 Å². The molecule has 1 aromatic heterocycles. The number of nitrogens with zero attached hydrogens (tertiary/aromatic N) is 1. The van der Waals surface area contributed by atoms with E-state index in [0.717, 1.165) is 22.9 Å². The van der Waals surface area contributed by atoms with E-state index in [1.807, 2.05) is 43.4 Å². The summed E-state index contributed by atoms with van der Waals surface area (Å²) in [6.45, 7) is 0.682. The zero-order valence-corrected chi connectivity index (χ0v) is 10.1. The Hall–Kier alpha value is -2.07. The molecule has 4 nitrogen and oxygen atoms in total. The lowest BCUT2D eigenvalue weighted by molar-refractivity contribution is 0.202. The molecule has 0 spiro atoms. The molecule has 2 aromatic rings. The maximum atomic E-state index is 5.97. The van der Waals surface area contributed by atoms with E-state index in [9.17, 15) is 0 Å². The molecular formula is C14H14N2O2. The van der Waals surface area contributed by atoms with Crippen molar-refractivity contribution in [2.75, 3.05) is 13.6 Å². The molecule has 1 aliphatic rings. The Morgan fingerprint density at radius 2 is 1.89 bits per heavy atom. The highest BCUT2D eigenvalue weighted by atomic mass is 16.5. The summed E-state index contributed by atoms with van der Waals surface area (Å²) < 4.78 is 11.8. The van der Waals surface area contributed by atoms with Crippen LogP contribution in [-0.2, 0) is 0 Å². The smallest absolute Gasteiger partial charge is 0.169 e. The first kappa shape index (κ1) is 11.0. The summed E-state index contributed by atoms with van der Waals surface area (Å²) in [6.07, 6.45) is 1.61. The van der Waals surface area contributed by atoms with E-state index >= 15 is 0 Å². The van der Waals surface area contributed by atoms with Crippen molar-refractivity contribution in [3.05, 3.63) is 48.3 Å². The number of fused-ring (bicyclic) bond motifs is 2. The summed E-state index contributed by atoms with van der Waals surface area (Å²) in [6, 6.07) is 11.4. The minimum Gasteiger partial charge on any atom is -0.479 e. The molecule has 0 saturated carbocycles. The van der Waals surface area contributed by atoms with Gasteiger partial charge in [0.15, 0.2) is 23.4 Å². The molecule has 0 bridgehead atoms. The topological polar surface area (TPSA) is 43.4 Å². The number of pyridine rings is 1. The number of ether oxygens (including phenoxy) is 2. The summed E-state index contributed by atoms with van der Waals surface area (Å²) in [5.41, 5.74) is 0.822. The first-order chi connectivity index (χ1) is 8.88. The van der Waals surface area contributed by atoms with E-state index in [4.69, 9.17) is 9.47 Å². The molecule has 1 atom stereocenters. The summed E-state index contributed by atoms with van der Waals surface area (Å²) >= 11 is 0. The lowest BCUT2D eigenvalue weighted by Gasteiger charge is -2.16. The van der Waals surface area contributed by atoms with Gasteiger partial charge in [-0.15, -0.1) is 0 Å². The molecule has 4 heteroatoms. The van der Waals surface area contributed by atoms with Crippen molar-refractivity contribution in [2.45, 2.75) is 6.10 Å². The van der Waals surface area contributed by atoms with E-state index in [1.54, 1.807) is 6.20 Å². The minimum absolute atomic E-state index is 0.144. The fourth-order valence-electron chi connectivity index (χ4n) is 2.01. The molecule has 1 aromatic carbocycles. The Bertz CT molecular complexity index is 557. The Morgan fingerprint density at radius 3 is 2.72 bits per heavy atom. The van der Waals surface area contributed by atoms with Crippen LogP contribution in [0.5, 0.6) is 17.2 Å². The third-order valence-corrected chi connectivity index (χ3v) is 2.83. The van der Waals surface area contributed by atoms with Crippen molar-refractivity contribution < 1.29 is 9.47 Å². The molecule has 3 rings (SSSR count). The Labute approximate surface area is 106 Å². The number of nitrogens with one attached hydrogen (secondary N) is 1. The van der Waals surface area contributed by atoms with Gasteiger partial charge < -0.3 is 14.8 Å². The second kappa shape index (κ2) is 4.66. The van der Waals surface area contributed by atoms with Gasteiger partial charge in [-0.05, 0) is 31.3 Å². The normalized spacial score (nSPS) is 16.8. The molecule has 0 aliphatic carbocycles. The molecular weight excluding hydrogens is 228 g/mol. The highest BCUT2D eigenvalue weighted by molar-refractivity contribution is 5.46. The van der Waals surface area contributed by atoms with Crippen LogP contribution in [0.1, 0.15) is 11.8 Å². The van der Waals surface area contributed by atoms with E-state index in [-0.39, 0.29) is 6.10 Å². The third kappa shape index (κ3) is 1.91. The van der Waals surface area contributed by atoms with Crippen LogP contribution in [0.25, 0.3) is 0 Å². The fourth-order valence-corrected chi connectivity index (χ4v) is 2.01. The van der Waals surface area contributed by atoms with Crippen LogP contribution in [0.2, 0.25) is 0 Å². The van der Waals surface area contributed by atoms with Gasteiger partial charge in [0, 0.05) is 12.7 Å². The first-order valence-corrected chi connectivity index (χ1v) is 5.91. The second-order valence-electron chi connectivity index (χ2n) is 4.10. The number of hydrogen-bond acceptors (Lipinski definition) is 4. The number of rotatable bonds is 2. The molecule has 2 heterocycles. The van der Waals surface area contributed by atoms with Crippen LogP contribution in [0.3, 0.4) is 0 Å². The van der Waals surface area contributed by atoms with Crippen LogP contribution in [0, 0.1) is 0 Å². The molecule has 0 fully saturated rings. The molecule has 1 N–H and O–H groups in total. The lowest BCUT2D eigenvalue weighted by Crippen LogP contribution is -2.22. The maximum absolute atomic E-state index is 5.97. The largest absolute Gasteiger partial charge is 0.479 e. The Balaban J connectivity index is 2.08. The monoisotopic (exact) mass is 242 g/mol. The quantitative estimate of drug-likeness (QED) is 0.878. The average molecular weight is 242 g/mol. The van der Waals surface area contributed by atoms with Crippen molar-refractivity contribution in [3.63, 3.8) is 0 Å². The predicted octanol–water partition coefficient (Wildman–Crippen LogP) is 2.53. The SMILES string of the molecule is CNC[C@@H]1Oc2ccccc2Oc2cccnc21. The van der Waals surface area contributed by atoms with Crippen LogP contribution >= 0.6 is 0 Å². The molecule has 92 valence electrons. The van der Waals surface area contributed by atoms with Gasteiger partial charge in [0.2, 0.25) is 0 Å². The molecule has 0 radical (unpaired) electrons. The van der Waals surface area contributed by atoms with Crippen molar-refractivity contribution >= 4 is 0 Å². The zero-order chi connectivity index (χ0) is 12.4. The minimum atomic E-state index is -0.144. The predicted molar refractivity (Wildman–Crippen MR) is 68.0 cm³/mol. The number of benzene rings is 1. The van der Waals surface area contributed by atoms with Gasteiger partial charge in [0.1, 0.15) is 5.69 Å². The second-order valence-corrected chi connectivity index (χ2v) is 4.10. The van der Waals surface area contributed by atoms with Gasteiger partial charge in [-0.3, -0.25) is 4.98 Å². The highest BCUT2D eigenvalue weighted by Crippen LogP contribution is 2.40. The van der Waals surface area contributed by atoms with E-state index in [2.05, 4.69) is 10.3 Å². The fraction of sp³-hybridized carbons (Fsp3) is 0.214. The van der Waals surface area contributed by atoms with Crippen molar-refractivity contribution in [2.24, 2.45) is 0 Å². The molecule has 18 heavy (non-hydrogen) atoms. The van der Waals surface area contributed by atoms with Crippen molar-refractivity contribution in [3.8, 4) is 17.2 Å². The number of para-hydroxylation sites is 2. The molecule has 0 amide bonds. The van der Waals surface area contributed by atoms with Gasteiger partial charge in [-0.1, -0.05) is 12.1 Å². The third-order valence-electron chi connectivity index (χ3n) is 2.83. The zero-order valence-electron chi connectivity index (χ0n) is 10.1. The number of aromatic nitrogens is 1. The van der Waals surface area contributed by atoms with Gasteiger partial charge >= 0.3 is 0 Å². The molecule has 1 aliphatic heterocycles. The Morgan fingerprint density at radius 1 is 1.11 bits per heavy atom. The van der Waals surface area contributed by atoms with Crippen LogP contribution in [-0.4, -0.2) is 18.6 Å². The van der Waals surface area contributed by atoms with E-state index in [0.29, 0.717) is 6.54 Å². The average Bonchev–Trinajstić information content (AvgIpc) is 2.56. The first-order valence-electron chi connectivity index (χ1n) is 5.91. The standard InChI is InChI=1S/C14H14N2O2/c1-15-9-13-14-12(7-4-8-16-14)17-10-5-2-3-6-11(10)18-13/h2-8,13,15H,9H2,1H3/t13-/m0/s1. The summed E-state index contributed by atoms with van der Waals surface area (Å²) in [7, 11) is 1.89. The number of likely N-dealkylation sites (N-methyl/N-ethyl adjacent to an activating group) is 1. The lowest BCUT2D eigenvalue weighted by atomic mass is 10.2. The van der Waals surface area contributed by atoms with Crippen LogP contribution in [0.15, 0.2) is 42.6 Å². The van der Waals surface area contributed by atoms with Gasteiger partial charge in [0.05, 0.1) is 0 Å². The van der Waals surface area contributed by atoms with Gasteiger partial charge in [0.25, 0.3) is 0 Å². The van der Waals surface area contributed by atoms with Gasteiger partial charge in [-0.25, -0.2) is 0 Å². The molecule has 0 unspecified atom stereocenters. The van der Waals surface area contributed by atoms with Crippen molar-refractivity contribution in [1.82, 2.24) is 10.3 Å². The summed E-state index contributed by atoms with van der Waals surface area (Å²) in [4.78, 5) is 4.37.